The zero-order chi connectivity index (χ0) is 25.8. The quantitative estimate of drug-likeness (QED) is 0.113. The second-order valence-electron chi connectivity index (χ2n) is 8.95. The molecule has 0 saturated carbocycles. The summed E-state index contributed by atoms with van der Waals surface area (Å²) in [4.78, 5) is 17.0. The number of carbonyl (C=O) groups excluding carboxylic acids is 1. The van der Waals surface area contributed by atoms with Crippen molar-refractivity contribution in [2.75, 3.05) is 26.9 Å². The molecule has 1 unspecified atom stereocenters. The van der Waals surface area contributed by atoms with Gasteiger partial charge in [-0.05, 0) is 68.2 Å². The lowest BCUT2D eigenvalue weighted by molar-refractivity contribution is -0.154. The highest BCUT2D eigenvalue weighted by molar-refractivity contribution is 7.80. The van der Waals surface area contributed by atoms with E-state index >= 15 is 0 Å². The molecule has 0 fully saturated rings. The Kier molecular flexibility index (Phi) is 10.6. The number of hydrogen-bond acceptors (Lipinski definition) is 6. The zero-order valence-electron chi connectivity index (χ0n) is 20.6. The molecule has 1 atom stereocenters. The Morgan fingerprint density at radius 3 is 2.49 bits per heavy atom. The molecule has 0 aliphatic carbocycles. The van der Waals surface area contributed by atoms with Crippen LogP contribution >= 0.6 is 12.2 Å². The number of esters is 1. The number of ether oxygens (including phenoxy) is 3. The lowest BCUT2D eigenvalue weighted by Gasteiger charge is -2.33. The standard InChI is InChI=1S/C25H33N5O4S/c1-25(2,3)23(31)34-17-20(14-18-8-6-5-7-9-18)30(24(26)35)16-19-10-11-21(22(15-19)32-4)33-13-12-28-29-27/h5-11,15,20H,12-14,16-17H2,1-4H3,(H2,26,35). The monoisotopic (exact) mass is 499 g/mol. The molecule has 0 aromatic heterocycles. The topological polar surface area (TPSA) is 123 Å². The number of rotatable bonds is 12. The molecular formula is C25H33N5O4S. The highest BCUT2D eigenvalue weighted by Crippen LogP contribution is 2.29. The van der Waals surface area contributed by atoms with Crippen LogP contribution in [-0.4, -0.2) is 48.9 Å². The lowest BCUT2D eigenvalue weighted by Crippen LogP contribution is -2.47. The van der Waals surface area contributed by atoms with Crippen molar-refractivity contribution in [1.29, 1.82) is 0 Å². The molecule has 2 aromatic carbocycles. The number of methoxy groups -OCH3 is 1. The molecule has 0 heterocycles. The van der Waals surface area contributed by atoms with Crippen molar-refractivity contribution in [3.05, 3.63) is 70.1 Å². The predicted molar refractivity (Wildman–Crippen MR) is 139 cm³/mol. The maximum Gasteiger partial charge on any atom is 0.311 e. The first-order chi connectivity index (χ1) is 16.7. The first-order valence-electron chi connectivity index (χ1n) is 11.2. The van der Waals surface area contributed by atoms with E-state index in [9.17, 15) is 4.79 Å². The van der Waals surface area contributed by atoms with E-state index in [2.05, 4.69) is 10.0 Å². The lowest BCUT2D eigenvalue weighted by atomic mass is 9.97. The van der Waals surface area contributed by atoms with Gasteiger partial charge in [0.15, 0.2) is 16.6 Å². The van der Waals surface area contributed by atoms with Crippen LogP contribution in [0.4, 0.5) is 0 Å². The van der Waals surface area contributed by atoms with Gasteiger partial charge in [0.05, 0.1) is 31.7 Å². The van der Waals surface area contributed by atoms with Gasteiger partial charge in [0, 0.05) is 11.5 Å². The summed E-state index contributed by atoms with van der Waals surface area (Å²) in [6, 6.07) is 15.1. The normalized spacial score (nSPS) is 11.7. The molecule has 10 heteroatoms. The zero-order valence-corrected chi connectivity index (χ0v) is 21.5. The van der Waals surface area contributed by atoms with Crippen molar-refractivity contribution in [2.24, 2.45) is 16.3 Å². The molecule has 0 amide bonds. The van der Waals surface area contributed by atoms with Crippen molar-refractivity contribution >= 4 is 23.3 Å². The number of nitrogens with zero attached hydrogens (tertiary/aromatic N) is 4. The van der Waals surface area contributed by atoms with Crippen LogP contribution < -0.4 is 15.2 Å². The minimum atomic E-state index is -0.618. The third-order valence-electron chi connectivity index (χ3n) is 5.15. The van der Waals surface area contributed by atoms with Gasteiger partial charge >= 0.3 is 5.97 Å². The third kappa shape index (κ3) is 8.99. The maximum absolute atomic E-state index is 12.5. The van der Waals surface area contributed by atoms with E-state index in [0.717, 1.165) is 11.1 Å². The van der Waals surface area contributed by atoms with Gasteiger partial charge in [-0.3, -0.25) is 4.79 Å². The van der Waals surface area contributed by atoms with Gasteiger partial charge < -0.3 is 24.8 Å². The van der Waals surface area contributed by atoms with E-state index in [1.54, 1.807) is 13.2 Å². The van der Waals surface area contributed by atoms with Crippen LogP contribution in [-0.2, 0) is 22.5 Å². The summed E-state index contributed by atoms with van der Waals surface area (Å²) in [5.41, 5.74) is 15.9. The second kappa shape index (κ2) is 13.4. The van der Waals surface area contributed by atoms with Gasteiger partial charge in [0.25, 0.3) is 0 Å². The molecule has 2 aromatic rings. The van der Waals surface area contributed by atoms with Crippen molar-refractivity contribution < 1.29 is 19.0 Å². The fraction of sp³-hybridized carbons (Fsp3) is 0.440. The number of hydrogen-bond donors (Lipinski definition) is 1. The largest absolute Gasteiger partial charge is 0.493 e. The molecule has 0 aliphatic rings. The Labute approximate surface area is 211 Å². The summed E-state index contributed by atoms with van der Waals surface area (Å²) in [7, 11) is 1.55. The summed E-state index contributed by atoms with van der Waals surface area (Å²) >= 11 is 5.40. The highest BCUT2D eigenvalue weighted by atomic mass is 32.1. The molecule has 2 N–H and O–H groups in total. The predicted octanol–water partition coefficient (Wildman–Crippen LogP) is 4.63. The van der Waals surface area contributed by atoms with Crippen LogP contribution in [0.15, 0.2) is 53.6 Å². The molecule has 0 bridgehead atoms. The molecule has 2 rings (SSSR count). The molecule has 188 valence electrons. The van der Waals surface area contributed by atoms with E-state index in [4.69, 9.17) is 37.7 Å². The van der Waals surface area contributed by atoms with Crippen LogP contribution in [0.5, 0.6) is 11.5 Å². The van der Waals surface area contributed by atoms with E-state index in [0.29, 0.717) is 24.5 Å². The summed E-state index contributed by atoms with van der Waals surface area (Å²) in [6.07, 6.45) is 0.591. The van der Waals surface area contributed by atoms with E-state index in [1.807, 2.05) is 68.1 Å². The minimum Gasteiger partial charge on any atom is -0.493 e. The van der Waals surface area contributed by atoms with Gasteiger partial charge in [-0.25, -0.2) is 0 Å². The summed E-state index contributed by atoms with van der Waals surface area (Å²) in [5.74, 6) is 0.777. The Morgan fingerprint density at radius 2 is 1.89 bits per heavy atom. The van der Waals surface area contributed by atoms with Crippen LogP contribution in [0.2, 0.25) is 0 Å². The minimum absolute atomic E-state index is 0.139. The first kappa shape index (κ1) is 27.8. The van der Waals surface area contributed by atoms with E-state index in [-0.39, 0.29) is 36.9 Å². The van der Waals surface area contributed by atoms with Crippen LogP contribution in [0, 0.1) is 5.41 Å². The number of carbonyl (C=O) groups is 1. The Bertz CT molecular complexity index is 1040. The van der Waals surface area contributed by atoms with Gasteiger partial charge in [0.2, 0.25) is 0 Å². The number of nitrogens with two attached hydrogens (primary N) is 1. The SMILES string of the molecule is COc1cc(CN(C(N)=S)C(COC(=O)C(C)(C)C)Cc2ccccc2)ccc1OCCN=[N+]=[N-]. The van der Waals surface area contributed by atoms with Crippen molar-refractivity contribution in [3.8, 4) is 11.5 Å². The van der Waals surface area contributed by atoms with Gasteiger partial charge in [-0.15, -0.1) is 0 Å². The van der Waals surface area contributed by atoms with Crippen LogP contribution in [0.1, 0.15) is 31.9 Å². The Balaban J connectivity index is 2.25. The van der Waals surface area contributed by atoms with Crippen LogP contribution in [0.3, 0.4) is 0 Å². The Hall–Kier alpha value is -3.49. The van der Waals surface area contributed by atoms with Crippen molar-refractivity contribution in [1.82, 2.24) is 4.90 Å². The summed E-state index contributed by atoms with van der Waals surface area (Å²) < 4.78 is 16.8. The smallest absolute Gasteiger partial charge is 0.311 e. The van der Waals surface area contributed by atoms with Gasteiger partial charge in [0.1, 0.15) is 6.61 Å². The van der Waals surface area contributed by atoms with E-state index in [1.165, 1.54) is 0 Å². The van der Waals surface area contributed by atoms with E-state index < -0.39 is 5.41 Å². The molecule has 0 radical (unpaired) electrons. The molecule has 0 saturated heterocycles. The summed E-state index contributed by atoms with van der Waals surface area (Å²) in [5, 5.41) is 3.66. The maximum atomic E-state index is 12.5. The fourth-order valence-corrected chi connectivity index (χ4v) is 3.50. The number of azide groups is 1. The van der Waals surface area contributed by atoms with Crippen molar-refractivity contribution in [2.45, 2.75) is 39.8 Å². The van der Waals surface area contributed by atoms with Gasteiger partial charge in [-0.1, -0.05) is 41.5 Å². The Morgan fingerprint density at radius 1 is 1.17 bits per heavy atom. The molecule has 0 spiro atoms. The highest BCUT2D eigenvalue weighted by Gasteiger charge is 2.27. The molecule has 0 aliphatic heterocycles. The second-order valence-corrected chi connectivity index (χ2v) is 9.36. The molecule has 9 nitrogen and oxygen atoms in total. The summed E-state index contributed by atoms with van der Waals surface area (Å²) in [6.45, 7) is 6.41. The molecule has 35 heavy (non-hydrogen) atoms. The third-order valence-corrected chi connectivity index (χ3v) is 5.38. The van der Waals surface area contributed by atoms with Crippen molar-refractivity contribution in [3.63, 3.8) is 0 Å². The average molecular weight is 500 g/mol. The molecular weight excluding hydrogens is 466 g/mol. The first-order valence-corrected chi connectivity index (χ1v) is 11.6. The average Bonchev–Trinajstić information content (AvgIpc) is 2.83. The fourth-order valence-electron chi connectivity index (χ4n) is 3.29. The van der Waals surface area contributed by atoms with Gasteiger partial charge in [-0.2, -0.15) is 0 Å². The number of thiocarbonyl (C=S) groups is 1. The van der Waals surface area contributed by atoms with Crippen LogP contribution in [0.25, 0.3) is 10.4 Å². The number of benzene rings is 2.